The number of halogens is 1. The lowest BCUT2D eigenvalue weighted by Crippen LogP contribution is -2.41. The van der Waals surface area contributed by atoms with Crippen molar-refractivity contribution in [2.45, 2.75) is 26.7 Å². The molecule has 188 valence electrons. The number of anilines is 1. The van der Waals surface area contributed by atoms with Gasteiger partial charge in [0.2, 0.25) is 5.91 Å². The second kappa shape index (κ2) is 10.3. The Morgan fingerprint density at radius 1 is 0.946 bits per heavy atom. The third-order valence-electron chi connectivity index (χ3n) is 6.68. The second-order valence-electron chi connectivity index (χ2n) is 9.45. The van der Waals surface area contributed by atoms with Crippen LogP contribution in [0.3, 0.4) is 0 Å². The Morgan fingerprint density at radius 2 is 1.65 bits per heavy atom. The van der Waals surface area contributed by atoms with Gasteiger partial charge in [-0.2, -0.15) is 5.10 Å². The van der Waals surface area contributed by atoms with Crippen LogP contribution in [0.1, 0.15) is 34.3 Å². The second-order valence-corrected chi connectivity index (χ2v) is 9.45. The summed E-state index contributed by atoms with van der Waals surface area (Å²) in [6.45, 7) is 4.88. The number of benzene rings is 2. The number of hydrogen-bond donors (Lipinski definition) is 1. The van der Waals surface area contributed by atoms with Crippen molar-refractivity contribution in [3.63, 3.8) is 0 Å². The molecule has 2 aromatic carbocycles. The Labute approximate surface area is 215 Å². The van der Waals surface area contributed by atoms with Gasteiger partial charge < -0.3 is 10.2 Å². The molecule has 1 fully saturated rings. The Morgan fingerprint density at radius 3 is 2.32 bits per heavy atom. The van der Waals surface area contributed by atoms with Crippen molar-refractivity contribution >= 4 is 17.6 Å². The van der Waals surface area contributed by atoms with Crippen LogP contribution in [0.5, 0.6) is 0 Å². The smallest absolute Gasteiger partial charge is 0.257 e. The zero-order valence-electron chi connectivity index (χ0n) is 20.8. The van der Waals surface area contributed by atoms with Crippen LogP contribution in [0.15, 0.2) is 73.1 Å². The maximum Gasteiger partial charge on any atom is 0.257 e. The van der Waals surface area contributed by atoms with E-state index in [-0.39, 0.29) is 23.5 Å². The summed E-state index contributed by atoms with van der Waals surface area (Å²) in [7, 11) is 0. The molecular formula is C29H28FN5O2. The highest BCUT2D eigenvalue weighted by Gasteiger charge is 2.30. The molecule has 1 saturated heterocycles. The molecule has 0 aliphatic carbocycles. The molecular weight excluding hydrogens is 469 g/mol. The third-order valence-corrected chi connectivity index (χ3v) is 6.68. The lowest BCUT2D eigenvalue weighted by molar-refractivity contribution is -0.121. The Kier molecular flexibility index (Phi) is 6.81. The minimum Gasteiger partial charge on any atom is -0.338 e. The van der Waals surface area contributed by atoms with Gasteiger partial charge in [0, 0.05) is 37.0 Å². The van der Waals surface area contributed by atoms with Crippen molar-refractivity contribution in [1.29, 1.82) is 0 Å². The number of piperidine rings is 1. The van der Waals surface area contributed by atoms with Crippen LogP contribution in [-0.2, 0) is 4.79 Å². The molecule has 37 heavy (non-hydrogen) atoms. The largest absolute Gasteiger partial charge is 0.338 e. The average Bonchev–Trinajstić information content (AvgIpc) is 3.34. The van der Waals surface area contributed by atoms with E-state index in [0.29, 0.717) is 48.7 Å². The minimum absolute atomic E-state index is 0.0744. The number of carbonyl (C=O) groups excluding carboxylic acids is 2. The average molecular weight is 498 g/mol. The minimum atomic E-state index is -0.337. The van der Waals surface area contributed by atoms with Crippen LogP contribution < -0.4 is 5.32 Å². The van der Waals surface area contributed by atoms with Gasteiger partial charge >= 0.3 is 0 Å². The standard InChI is InChI=1S/C29H28FN5O2/c1-19-3-5-21(6-4-19)27-25(18-35(33-27)24-9-7-23(30)8-10-24)29(37)34-15-12-22(13-16-34)28(36)32-26-17-20(2)11-14-31-26/h3-11,14,17-18,22H,12-13,15-16H2,1-2H3,(H,31,32,36). The molecule has 0 spiro atoms. The number of carbonyl (C=O) groups is 2. The molecule has 5 rings (SSSR count). The van der Waals surface area contributed by atoms with E-state index in [0.717, 1.165) is 16.7 Å². The number of nitrogens with one attached hydrogen (secondary N) is 1. The highest BCUT2D eigenvalue weighted by atomic mass is 19.1. The van der Waals surface area contributed by atoms with Gasteiger partial charge in [0.25, 0.3) is 5.91 Å². The molecule has 0 radical (unpaired) electrons. The van der Waals surface area contributed by atoms with E-state index < -0.39 is 0 Å². The zero-order valence-corrected chi connectivity index (χ0v) is 20.8. The summed E-state index contributed by atoms with van der Waals surface area (Å²) in [5, 5.41) is 7.59. The lowest BCUT2D eigenvalue weighted by atomic mass is 9.95. The Bertz CT molecular complexity index is 1420. The lowest BCUT2D eigenvalue weighted by Gasteiger charge is -2.31. The molecule has 0 saturated carbocycles. The van der Waals surface area contributed by atoms with Crippen molar-refractivity contribution in [3.8, 4) is 16.9 Å². The fourth-order valence-electron chi connectivity index (χ4n) is 4.53. The van der Waals surface area contributed by atoms with Crippen molar-refractivity contribution in [2.75, 3.05) is 18.4 Å². The molecule has 7 nitrogen and oxygen atoms in total. The molecule has 4 aromatic rings. The summed E-state index contributed by atoms with van der Waals surface area (Å²) in [6.07, 6.45) is 4.50. The molecule has 0 atom stereocenters. The van der Waals surface area contributed by atoms with Crippen molar-refractivity contribution in [3.05, 3.63) is 95.6 Å². The molecule has 0 unspecified atom stereocenters. The van der Waals surface area contributed by atoms with Gasteiger partial charge in [0.05, 0.1) is 11.3 Å². The first-order chi connectivity index (χ1) is 17.9. The fraction of sp³-hybridized carbons (Fsp3) is 0.241. The normalized spacial score (nSPS) is 14.0. The molecule has 1 aliphatic heterocycles. The monoisotopic (exact) mass is 497 g/mol. The molecule has 2 aromatic heterocycles. The molecule has 1 N–H and O–H groups in total. The SMILES string of the molecule is Cc1ccc(-c2nn(-c3ccc(F)cc3)cc2C(=O)N2CCC(C(=O)Nc3cc(C)ccn3)CC2)cc1. The van der Waals surface area contributed by atoms with Gasteiger partial charge in [-0.15, -0.1) is 0 Å². The number of aryl methyl sites for hydroxylation is 2. The number of hydrogen-bond acceptors (Lipinski definition) is 4. The summed E-state index contributed by atoms with van der Waals surface area (Å²) < 4.78 is 15.1. The molecule has 1 aliphatic rings. The van der Waals surface area contributed by atoms with Gasteiger partial charge in [-0.25, -0.2) is 14.1 Å². The van der Waals surface area contributed by atoms with E-state index in [4.69, 9.17) is 5.10 Å². The number of aromatic nitrogens is 3. The summed E-state index contributed by atoms with van der Waals surface area (Å²) in [5.41, 5.74) is 4.66. The van der Waals surface area contributed by atoms with Crippen LogP contribution in [0, 0.1) is 25.6 Å². The topological polar surface area (TPSA) is 80.1 Å². The Balaban J connectivity index is 1.34. The van der Waals surface area contributed by atoms with Gasteiger partial charge in [-0.05, 0) is 68.7 Å². The third kappa shape index (κ3) is 5.43. The summed E-state index contributed by atoms with van der Waals surface area (Å²) in [4.78, 5) is 32.4. The van der Waals surface area contributed by atoms with Crippen LogP contribution in [-0.4, -0.2) is 44.6 Å². The van der Waals surface area contributed by atoms with E-state index in [2.05, 4.69) is 10.3 Å². The van der Waals surface area contributed by atoms with Gasteiger partial charge in [0.1, 0.15) is 17.3 Å². The highest BCUT2D eigenvalue weighted by molar-refractivity contribution is 6.00. The van der Waals surface area contributed by atoms with Crippen molar-refractivity contribution in [1.82, 2.24) is 19.7 Å². The summed E-state index contributed by atoms with van der Waals surface area (Å²) in [6, 6.07) is 17.6. The molecule has 8 heteroatoms. The number of likely N-dealkylation sites (tertiary alicyclic amines) is 1. The predicted octanol–water partition coefficient (Wildman–Crippen LogP) is 5.18. The van der Waals surface area contributed by atoms with E-state index in [1.807, 2.05) is 50.2 Å². The highest BCUT2D eigenvalue weighted by Crippen LogP contribution is 2.28. The van der Waals surface area contributed by atoms with Crippen molar-refractivity contribution in [2.24, 2.45) is 5.92 Å². The predicted molar refractivity (Wildman–Crippen MR) is 140 cm³/mol. The number of rotatable bonds is 5. The zero-order chi connectivity index (χ0) is 25.9. The summed E-state index contributed by atoms with van der Waals surface area (Å²) in [5.74, 6) is -0.196. The summed E-state index contributed by atoms with van der Waals surface area (Å²) >= 11 is 0. The van der Waals surface area contributed by atoms with Crippen molar-refractivity contribution < 1.29 is 14.0 Å². The van der Waals surface area contributed by atoms with Gasteiger partial charge in [-0.1, -0.05) is 29.8 Å². The Hall–Kier alpha value is -4.33. The molecule has 2 amide bonds. The number of nitrogens with zero attached hydrogens (tertiary/aromatic N) is 4. The first-order valence-electron chi connectivity index (χ1n) is 12.3. The van der Waals surface area contributed by atoms with E-state index >= 15 is 0 Å². The van der Waals surface area contributed by atoms with E-state index in [1.165, 1.54) is 12.1 Å². The maximum absolute atomic E-state index is 13.7. The van der Waals surface area contributed by atoms with Gasteiger partial charge in [0.15, 0.2) is 0 Å². The quantitative estimate of drug-likeness (QED) is 0.412. The first-order valence-corrected chi connectivity index (χ1v) is 12.3. The van der Waals surface area contributed by atoms with E-state index in [9.17, 15) is 14.0 Å². The number of amides is 2. The molecule has 3 heterocycles. The van der Waals surface area contributed by atoms with Crippen LogP contribution in [0.2, 0.25) is 0 Å². The maximum atomic E-state index is 13.7. The first kappa shape index (κ1) is 24.4. The van der Waals surface area contributed by atoms with Crippen LogP contribution in [0.25, 0.3) is 16.9 Å². The van der Waals surface area contributed by atoms with Gasteiger partial charge in [-0.3, -0.25) is 9.59 Å². The van der Waals surface area contributed by atoms with E-state index in [1.54, 1.807) is 34.1 Å². The number of pyridine rings is 1. The van der Waals surface area contributed by atoms with Crippen LogP contribution in [0.4, 0.5) is 10.2 Å². The molecule has 0 bridgehead atoms. The van der Waals surface area contributed by atoms with Crippen LogP contribution >= 0.6 is 0 Å². The fourth-order valence-corrected chi connectivity index (χ4v) is 4.53.